The quantitative estimate of drug-likeness (QED) is 0.145. The van der Waals surface area contributed by atoms with E-state index in [1.54, 1.807) is 0 Å². The molecule has 2 heteroatoms. The Labute approximate surface area is 362 Å². The summed E-state index contributed by atoms with van der Waals surface area (Å²) in [4.78, 5) is 2.35. The van der Waals surface area contributed by atoms with E-state index in [0.29, 0.717) is 0 Å². The van der Waals surface area contributed by atoms with E-state index in [9.17, 15) is 0 Å². The second-order valence-corrected chi connectivity index (χ2v) is 15.7. The molecular formula is C60H41NO. The van der Waals surface area contributed by atoms with E-state index in [1.165, 1.54) is 49.7 Å². The van der Waals surface area contributed by atoms with Gasteiger partial charge in [0.25, 0.3) is 0 Å². The number of fused-ring (bicyclic) bond motifs is 2. The van der Waals surface area contributed by atoms with Crippen LogP contribution in [0.15, 0.2) is 253 Å². The largest absolute Gasteiger partial charge is 0.455 e. The molecular weight excluding hydrogens is 751 g/mol. The Bertz CT molecular complexity index is 3330. The zero-order valence-corrected chi connectivity index (χ0v) is 34.0. The van der Waals surface area contributed by atoms with Gasteiger partial charge in [0.2, 0.25) is 0 Å². The van der Waals surface area contributed by atoms with Crippen LogP contribution in [0.2, 0.25) is 0 Å². The lowest BCUT2D eigenvalue weighted by Gasteiger charge is -2.26. The van der Waals surface area contributed by atoms with E-state index in [0.717, 1.165) is 56.0 Å². The van der Waals surface area contributed by atoms with Crippen molar-refractivity contribution in [3.05, 3.63) is 249 Å². The van der Waals surface area contributed by atoms with Crippen molar-refractivity contribution in [1.82, 2.24) is 0 Å². The van der Waals surface area contributed by atoms with Crippen molar-refractivity contribution in [2.45, 2.75) is 0 Å². The number of hydrogen-bond acceptors (Lipinski definition) is 2. The predicted octanol–water partition coefficient (Wildman–Crippen LogP) is 17.1. The Morgan fingerprint density at radius 2 is 0.774 bits per heavy atom. The molecule has 2 nitrogen and oxygen atoms in total. The zero-order valence-electron chi connectivity index (χ0n) is 34.0. The first-order chi connectivity index (χ1) is 30.7. The molecule has 1 heterocycles. The SMILES string of the molecule is c1ccc(-c2ccccc2-c2ccccc2-c2ccc(N(c3ccc(-c4ccc5ccccc5c4)cc3)c3cccc(-c4oc5ccccc5c4-c4ccccc4)c3)cc2)cc1. The van der Waals surface area contributed by atoms with Gasteiger partial charge in [0, 0.05) is 33.6 Å². The Morgan fingerprint density at radius 3 is 1.45 bits per heavy atom. The Kier molecular flexibility index (Phi) is 9.57. The minimum atomic E-state index is 0.855. The smallest absolute Gasteiger partial charge is 0.143 e. The second-order valence-electron chi connectivity index (χ2n) is 15.7. The number of rotatable bonds is 9. The fraction of sp³-hybridized carbons (Fsp3) is 0. The van der Waals surface area contributed by atoms with Crippen LogP contribution in [0.3, 0.4) is 0 Å². The average molecular weight is 792 g/mol. The molecule has 292 valence electrons. The van der Waals surface area contributed by atoms with Gasteiger partial charge < -0.3 is 9.32 Å². The van der Waals surface area contributed by atoms with Crippen molar-refractivity contribution in [3.8, 4) is 67.0 Å². The molecule has 0 N–H and O–H groups in total. The topological polar surface area (TPSA) is 16.4 Å². The molecule has 0 amide bonds. The molecule has 1 aromatic heterocycles. The molecule has 0 saturated carbocycles. The predicted molar refractivity (Wildman–Crippen MR) is 261 cm³/mol. The van der Waals surface area contributed by atoms with Gasteiger partial charge in [0.05, 0.1) is 0 Å². The van der Waals surface area contributed by atoms with Gasteiger partial charge in [-0.15, -0.1) is 0 Å². The summed E-state index contributed by atoms with van der Waals surface area (Å²) in [5.41, 5.74) is 16.8. The van der Waals surface area contributed by atoms with E-state index in [-0.39, 0.29) is 0 Å². The van der Waals surface area contributed by atoms with Gasteiger partial charge in [0.15, 0.2) is 0 Å². The van der Waals surface area contributed by atoms with Gasteiger partial charge in [0.1, 0.15) is 11.3 Å². The number of nitrogens with zero attached hydrogens (tertiary/aromatic N) is 1. The lowest BCUT2D eigenvalue weighted by Crippen LogP contribution is -2.10. The Hall–Kier alpha value is -8.20. The highest BCUT2D eigenvalue weighted by Crippen LogP contribution is 2.44. The van der Waals surface area contributed by atoms with Crippen LogP contribution < -0.4 is 4.90 Å². The molecule has 0 fully saturated rings. The van der Waals surface area contributed by atoms with Crippen molar-refractivity contribution < 1.29 is 4.42 Å². The molecule has 0 unspecified atom stereocenters. The van der Waals surface area contributed by atoms with Gasteiger partial charge in [-0.3, -0.25) is 0 Å². The lowest BCUT2D eigenvalue weighted by atomic mass is 9.89. The maximum absolute atomic E-state index is 6.71. The highest BCUT2D eigenvalue weighted by atomic mass is 16.3. The highest BCUT2D eigenvalue weighted by molar-refractivity contribution is 6.02. The second kappa shape index (κ2) is 16.1. The van der Waals surface area contributed by atoms with E-state index in [2.05, 4.69) is 248 Å². The maximum Gasteiger partial charge on any atom is 0.143 e. The summed E-state index contributed by atoms with van der Waals surface area (Å²) >= 11 is 0. The van der Waals surface area contributed by atoms with Crippen LogP contribution in [-0.4, -0.2) is 0 Å². The average Bonchev–Trinajstić information content (AvgIpc) is 3.75. The van der Waals surface area contributed by atoms with Crippen LogP contribution in [-0.2, 0) is 0 Å². The van der Waals surface area contributed by atoms with Crippen LogP contribution in [0.1, 0.15) is 0 Å². The minimum Gasteiger partial charge on any atom is -0.455 e. The van der Waals surface area contributed by atoms with Gasteiger partial charge in [-0.2, -0.15) is 0 Å². The monoisotopic (exact) mass is 791 g/mol. The molecule has 11 aromatic rings. The molecule has 0 bridgehead atoms. The van der Waals surface area contributed by atoms with Gasteiger partial charge in [-0.05, 0) is 109 Å². The van der Waals surface area contributed by atoms with Crippen LogP contribution in [0.5, 0.6) is 0 Å². The molecule has 0 atom stereocenters. The number of hydrogen-bond donors (Lipinski definition) is 0. The maximum atomic E-state index is 6.71. The summed E-state index contributed by atoms with van der Waals surface area (Å²) in [7, 11) is 0. The molecule has 0 aliphatic heterocycles. The fourth-order valence-electron chi connectivity index (χ4n) is 8.89. The Morgan fingerprint density at radius 1 is 0.274 bits per heavy atom. The first-order valence-corrected chi connectivity index (χ1v) is 21.2. The first-order valence-electron chi connectivity index (χ1n) is 21.2. The number of furan rings is 1. The third-order valence-electron chi connectivity index (χ3n) is 11.9. The fourth-order valence-corrected chi connectivity index (χ4v) is 8.89. The zero-order chi connectivity index (χ0) is 41.2. The van der Waals surface area contributed by atoms with E-state index in [1.807, 2.05) is 6.07 Å². The molecule has 0 spiro atoms. The van der Waals surface area contributed by atoms with Crippen LogP contribution in [0.4, 0.5) is 17.1 Å². The summed E-state index contributed by atoms with van der Waals surface area (Å²) in [5.74, 6) is 0.855. The number of benzene rings is 10. The Balaban J connectivity index is 1.02. The third-order valence-corrected chi connectivity index (χ3v) is 11.9. The van der Waals surface area contributed by atoms with Crippen molar-refractivity contribution in [3.63, 3.8) is 0 Å². The van der Waals surface area contributed by atoms with Crippen molar-refractivity contribution >= 4 is 38.8 Å². The van der Waals surface area contributed by atoms with E-state index < -0.39 is 0 Å². The number of anilines is 3. The first kappa shape index (κ1) is 36.8. The lowest BCUT2D eigenvalue weighted by molar-refractivity contribution is 0.632. The highest BCUT2D eigenvalue weighted by Gasteiger charge is 2.21. The standard InChI is InChI=1S/C60H41NO/c1-3-17-44(18-4-1)53-24-9-11-26-55(53)56-27-12-10-25-54(56)45-34-38-51(39-35-45)61(50-36-32-43(33-37-50)48-31-30-42-16-7-8-21-47(42)40-48)52-23-15-22-49(41-52)60-59(46-19-5-2-6-20-46)57-28-13-14-29-58(57)62-60/h1-41H. The minimum absolute atomic E-state index is 0.855. The summed E-state index contributed by atoms with van der Waals surface area (Å²) in [6, 6.07) is 88.9. The van der Waals surface area contributed by atoms with Crippen LogP contribution in [0.25, 0.3) is 88.7 Å². The molecule has 0 aliphatic carbocycles. The summed E-state index contributed by atoms with van der Waals surface area (Å²) in [5, 5.41) is 3.57. The third kappa shape index (κ3) is 6.94. The molecule has 0 radical (unpaired) electrons. The number of para-hydroxylation sites is 1. The van der Waals surface area contributed by atoms with Gasteiger partial charge >= 0.3 is 0 Å². The molecule has 0 saturated heterocycles. The summed E-state index contributed by atoms with van der Waals surface area (Å²) < 4.78 is 6.71. The summed E-state index contributed by atoms with van der Waals surface area (Å²) in [6.45, 7) is 0. The molecule has 0 aliphatic rings. The van der Waals surface area contributed by atoms with Crippen LogP contribution >= 0.6 is 0 Å². The van der Waals surface area contributed by atoms with E-state index >= 15 is 0 Å². The molecule has 11 rings (SSSR count). The van der Waals surface area contributed by atoms with Crippen molar-refractivity contribution in [1.29, 1.82) is 0 Å². The van der Waals surface area contributed by atoms with E-state index in [4.69, 9.17) is 4.42 Å². The normalized spacial score (nSPS) is 11.2. The molecule has 10 aromatic carbocycles. The van der Waals surface area contributed by atoms with Crippen molar-refractivity contribution in [2.24, 2.45) is 0 Å². The van der Waals surface area contributed by atoms with Gasteiger partial charge in [-0.25, -0.2) is 0 Å². The van der Waals surface area contributed by atoms with Crippen molar-refractivity contribution in [2.75, 3.05) is 4.90 Å². The summed E-state index contributed by atoms with van der Waals surface area (Å²) in [6.07, 6.45) is 0. The van der Waals surface area contributed by atoms with Gasteiger partial charge in [-0.1, -0.05) is 200 Å². The molecule has 62 heavy (non-hydrogen) atoms. The van der Waals surface area contributed by atoms with Crippen LogP contribution in [0, 0.1) is 0 Å².